The molecule has 1 atom stereocenters. The van der Waals surface area contributed by atoms with Gasteiger partial charge in [-0.3, -0.25) is 4.79 Å². The average molecular weight is 328 g/mol. The molecule has 1 aromatic heterocycles. The van der Waals surface area contributed by atoms with Crippen molar-refractivity contribution in [3.8, 4) is 0 Å². The number of fused-ring (bicyclic) bond motifs is 1. The molecule has 0 bridgehead atoms. The monoisotopic (exact) mass is 328 g/mol. The largest absolute Gasteiger partial charge is 0.462 e. The molecule has 1 aliphatic rings. The first-order valence-corrected chi connectivity index (χ1v) is 8.14. The van der Waals surface area contributed by atoms with Crippen LogP contribution in [0.25, 0.3) is 0 Å². The minimum Gasteiger partial charge on any atom is -0.462 e. The van der Waals surface area contributed by atoms with Gasteiger partial charge < -0.3 is 14.6 Å². The van der Waals surface area contributed by atoms with E-state index in [2.05, 4.69) is 17.4 Å². The zero-order valence-electron chi connectivity index (χ0n) is 13.8. The van der Waals surface area contributed by atoms with Crippen LogP contribution in [0.4, 0.5) is 5.69 Å². The van der Waals surface area contributed by atoms with Crippen LogP contribution in [-0.4, -0.2) is 23.6 Å². The fourth-order valence-corrected chi connectivity index (χ4v) is 2.85. The number of nitrogens with zero attached hydrogens (tertiary/aromatic N) is 1. The molecule has 3 rings (SSSR count). The molecule has 0 saturated carbocycles. The number of hydrogen-bond acceptors (Lipinski definition) is 5. The normalized spacial score (nSPS) is 16.3. The Morgan fingerprint density at radius 3 is 2.79 bits per heavy atom. The van der Waals surface area contributed by atoms with E-state index in [4.69, 9.17) is 9.26 Å². The van der Waals surface area contributed by atoms with Crippen LogP contribution in [-0.2, 0) is 17.6 Å². The van der Waals surface area contributed by atoms with E-state index in [1.807, 2.05) is 0 Å². The molecule has 2 aromatic rings. The summed E-state index contributed by atoms with van der Waals surface area (Å²) >= 11 is 0. The molecule has 1 heterocycles. The van der Waals surface area contributed by atoms with Crippen molar-refractivity contribution >= 4 is 17.6 Å². The minimum atomic E-state index is -0.380. The van der Waals surface area contributed by atoms with E-state index in [1.165, 1.54) is 0 Å². The molecule has 0 radical (unpaired) electrons. The molecule has 0 spiro atoms. The number of ether oxygens (including phenoxy) is 1. The van der Waals surface area contributed by atoms with Crippen LogP contribution in [0.15, 0.2) is 28.8 Å². The Morgan fingerprint density at radius 2 is 2.08 bits per heavy atom. The second kappa shape index (κ2) is 6.86. The van der Waals surface area contributed by atoms with E-state index >= 15 is 0 Å². The summed E-state index contributed by atoms with van der Waals surface area (Å²) < 4.78 is 10.2. The van der Waals surface area contributed by atoms with E-state index < -0.39 is 0 Å². The smallest absolute Gasteiger partial charge is 0.338 e. The second-order valence-corrected chi connectivity index (χ2v) is 6.03. The number of benzene rings is 1. The van der Waals surface area contributed by atoms with E-state index in [-0.39, 0.29) is 11.9 Å². The van der Waals surface area contributed by atoms with Gasteiger partial charge in [-0.2, -0.15) is 0 Å². The number of nitrogens with one attached hydrogen (secondary N) is 1. The lowest BCUT2D eigenvalue weighted by Gasteiger charge is -2.16. The fraction of sp³-hybridized carbons (Fsp3) is 0.389. The fourth-order valence-electron chi connectivity index (χ4n) is 2.85. The van der Waals surface area contributed by atoms with Crippen LogP contribution in [0, 0.1) is 5.92 Å². The molecule has 0 saturated heterocycles. The summed E-state index contributed by atoms with van der Waals surface area (Å²) in [4.78, 5) is 24.1. The number of carbonyl (C=O) groups excluding carboxylic acids is 2. The summed E-state index contributed by atoms with van der Waals surface area (Å²) in [7, 11) is 0. The maximum absolute atomic E-state index is 12.4. The number of aromatic nitrogens is 1. The third-order valence-electron chi connectivity index (χ3n) is 4.16. The predicted molar refractivity (Wildman–Crippen MR) is 88.0 cm³/mol. The van der Waals surface area contributed by atoms with E-state index in [9.17, 15) is 9.59 Å². The van der Waals surface area contributed by atoms with Crippen LogP contribution < -0.4 is 5.32 Å². The number of rotatable bonds is 4. The highest BCUT2D eigenvalue weighted by molar-refractivity contribution is 6.04. The summed E-state index contributed by atoms with van der Waals surface area (Å²) in [6, 6.07) is 6.57. The van der Waals surface area contributed by atoms with Gasteiger partial charge in [0, 0.05) is 17.7 Å². The lowest BCUT2D eigenvalue weighted by atomic mass is 9.88. The number of esters is 1. The number of carbonyl (C=O) groups is 2. The second-order valence-electron chi connectivity index (χ2n) is 6.03. The molecule has 6 nitrogen and oxygen atoms in total. The lowest BCUT2D eigenvalue weighted by molar-refractivity contribution is 0.0526. The van der Waals surface area contributed by atoms with E-state index in [1.54, 1.807) is 31.2 Å². The van der Waals surface area contributed by atoms with Gasteiger partial charge in [-0.25, -0.2) is 4.79 Å². The first-order chi connectivity index (χ1) is 11.6. The van der Waals surface area contributed by atoms with Gasteiger partial charge in [0.05, 0.1) is 12.2 Å². The van der Waals surface area contributed by atoms with Crippen molar-refractivity contribution in [2.45, 2.75) is 33.1 Å². The Morgan fingerprint density at radius 1 is 1.33 bits per heavy atom. The highest BCUT2D eigenvalue weighted by Gasteiger charge is 2.26. The van der Waals surface area contributed by atoms with Gasteiger partial charge in [-0.1, -0.05) is 12.1 Å². The van der Waals surface area contributed by atoms with Crippen molar-refractivity contribution in [3.05, 3.63) is 46.8 Å². The van der Waals surface area contributed by atoms with Crippen LogP contribution in [0.3, 0.4) is 0 Å². The summed E-state index contributed by atoms with van der Waals surface area (Å²) in [6.45, 7) is 4.24. The molecule has 0 aliphatic heterocycles. The Bertz CT molecular complexity index is 749. The SMILES string of the molecule is CCOC(=O)c1ccc(NC(=O)c2noc3c2C[C@@H](C)CC3)cc1. The summed E-state index contributed by atoms with van der Waals surface area (Å²) in [5, 5.41) is 6.73. The third-order valence-corrected chi connectivity index (χ3v) is 4.16. The highest BCUT2D eigenvalue weighted by Crippen LogP contribution is 2.28. The Kier molecular flexibility index (Phi) is 4.64. The van der Waals surface area contributed by atoms with Crippen molar-refractivity contribution in [1.29, 1.82) is 0 Å². The van der Waals surface area contributed by atoms with Gasteiger partial charge in [0.2, 0.25) is 0 Å². The number of hydrogen-bond donors (Lipinski definition) is 1. The zero-order chi connectivity index (χ0) is 17.1. The van der Waals surface area contributed by atoms with Crippen molar-refractivity contribution in [2.24, 2.45) is 5.92 Å². The van der Waals surface area contributed by atoms with Gasteiger partial charge in [0.1, 0.15) is 5.76 Å². The van der Waals surface area contributed by atoms with Crippen LogP contribution in [0.5, 0.6) is 0 Å². The molecule has 1 aromatic carbocycles. The number of aryl methyl sites for hydroxylation is 1. The third kappa shape index (κ3) is 3.32. The maximum atomic E-state index is 12.4. The van der Waals surface area contributed by atoms with Crippen LogP contribution >= 0.6 is 0 Å². The molecule has 126 valence electrons. The molecule has 0 unspecified atom stereocenters. The van der Waals surface area contributed by atoms with Gasteiger partial charge in [-0.05, 0) is 49.9 Å². The lowest BCUT2D eigenvalue weighted by Crippen LogP contribution is -2.18. The van der Waals surface area contributed by atoms with Crippen molar-refractivity contribution in [2.75, 3.05) is 11.9 Å². The van der Waals surface area contributed by atoms with Gasteiger partial charge in [-0.15, -0.1) is 0 Å². The van der Waals surface area contributed by atoms with Gasteiger partial charge in [0.15, 0.2) is 5.69 Å². The molecule has 1 N–H and O–H groups in total. The van der Waals surface area contributed by atoms with Gasteiger partial charge in [0.25, 0.3) is 5.91 Å². The molecular weight excluding hydrogens is 308 g/mol. The predicted octanol–water partition coefficient (Wildman–Crippen LogP) is 3.23. The Hall–Kier alpha value is -2.63. The quantitative estimate of drug-likeness (QED) is 0.871. The first-order valence-electron chi connectivity index (χ1n) is 8.14. The van der Waals surface area contributed by atoms with Crippen molar-refractivity contribution < 1.29 is 18.8 Å². The Balaban J connectivity index is 1.71. The van der Waals surface area contributed by atoms with Crippen molar-refractivity contribution in [1.82, 2.24) is 5.16 Å². The van der Waals surface area contributed by atoms with E-state index in [0.29, 0.717) is 29.5 Å². The summed E-state index contributed by atoms with van der Waals surface area (Å²) in [5.41, 5.74) is 2.30. The van der Waals surface area contributed by atoms with Crippen LogP contribution in [0.2, 0.25) is 0 Å². The zero-order valence-corrected chi connectivity index (χ0v) is 13.8. The van der Waals surface area contributed by atoms with Crippen LogP contribution in [0.1, 0.15) is 52.4 Å². The van der Waals surface area contributed by atoms with Crippen molar-refractivity contribution in [3.63, 3.8) is 0 Å². The molecular formula is C18H20N2O4. The summed E-state index contributed by atoms with van der Waals surface area (Å²) in [6.07, 6.45) is 2.69. The van der Waals surface area contributed by atoms with E-state index in [0.717, 1.165) is 30.6 Å². The molecule has 1 amide bonds. The highest BCUT2D eigenvalue weighted by atomic mass is 16.5. The number of anilines is 1. The number of amides is 1. The molecule has 24 heavy (non-hydrogen) atoms. The molecule has 0 fully saturated rings. The summed E-state index contributed by atoms with van der Waals surface area (Å²) in [5.74, 6) is 0.663. The Labute approximate surface area is 140 Å². The van der Waals surface area contributed by atoms with Gasteiger partial charge >= 0.3 is 5.97 Å². The standard InChI is InChI=1S/C18H20N2O4/c1-3-23-18(22)12-5-7-13(8-6-12)19-17(21)16-14-10-11(2)4-9-15(14)24-20-16/h5-8,11H,3-4,9-10H2,1-2H3,(H,19,21)/t11-/m0/s1. The molecule has 6 heteroatoms. The minimum absolute atomic E-state index is 0.294. The molecule has 1 aliphatic carbocycles. The topological polar surface area (TPSA) is 81.4 Å². The average Bonchev–Trinajstić information content (AvgIpc) is 2.98. The maximum Gasteiger partial charge on any atom is 0.338 e. The first kappa shape index (κ1) is 16.2.